The molecule has 7 heteroatoms. The third kappa shape index (κ3) is 5.35. The molecule has 7 nitrogen and oxygen atoms in total. The number of carbonyl (C=O) groups is 1. The van der Waals surface area contributed by atoms with Crippen LogP contribution in [-0.2, 0) is 0 Å². The van der Waals surface area contributed by atoms with E-state index in [0.717, 1.165) is 56.1 Å². The van der Waals surface area contributed by atoms with E-state index >= 15 is 0 Å². The van der Waals surface area contributed by atoms with Crippen molar-refractivity contribution in [1.82, 2.24) is 15.6 Å². The van der Waals surface area contributed by atoms with Gasteiger partial charge in [-0.3, -0.25) is 10.3 Å². The van der Waals surface area contributed by atoms with Crippen molar-refractivity contribution in [2.75, 3.05) is 0 Å². The van der Waals surface area contributed by atoms with Crippen LogP contribution >= 0.6 is 0 Å². The topological polar surface area (TPSA) is 107 Å². The molecular formula is C21H32N6O. The van der Waals surface area contributed by atoms with Crippen LogP contribution in [0.1, 0.15) is 64.7 Å². The number of nitriles is 1. The first-order chi connectivity index (χ1) is 13.4. The Morgan fingerprint density at radius 3 is 2.46 bits per heavy atom. The van der Waals surface area contributed by atoms with Crippen molar-refractivity contribution >= 4 is 12.0 Å². The highest BCUT2D eigenvalue weighted by Crippen LogP contribution is 2.37. The number of hydrazine groups is 1. The predicted molar refractivity (Wildman–Crippen MR) is 109 cm³/mol. The van der Waals surface area contributed by atoms with Crippen LogP contribution in [0.4, 0.5) is 4.79 Å². The van der Waals surface area contributed by atoms with Gasteiger partial charge in [-0.05, 0) is 82.6 Å². The number of nitrogens with zero attached hydrogens (tertiary/aromatic N) is 3. The summed E-state index contributed by atoms with van der Waals surface area (Å²) in [7, 11) is 0. The molecule has 2 fully saturated rings. The zero-order chi connectivity index (χ0) is 20.1. The average molecular weight is 385 g/mol. The van der Waals surface area contributed by atoms with E-state index in [1.807, 2.05) is 13.0 Å². The van der Waals surface area contributed by atoms with Crippen LogP contribution in [0.5, 0.6) is 0 Å². The minimum atomic E-state index is -0.341. The fraction of sp³-hybridized carbons (Fsp3) is 0.667. The number of rotatable bonds is 3. The summed E-state index contributed by atoms with van der Waals surface area (Å²) in [5.41, 5.74) is 1.47. The first-order valence-corrected chi connectivity index (χ1v) is 10.4. The van der Waals surface area contributed by atoms with Gasteiger partial charge in [0.2, 0.25) is 5.96 Å². The van der Waals surface area contributed by atoms with E-state index in [9.17, 15) is 4.79 Å². The molecule has 0 aromatic heterocycles. The van der Waals surface area contributed by atoms with Crippen LogP contribution in [-0.4, -0.2) is 23.0 Å². The van der Waals surface area contributed by atoms with Gasteiger partial charge in [-0.25, -0.2) is 15.6 Å². The number of urea groups is 1. The van der Waals surface area contributed by atoms with Crippen LogP contribution in [0.3, 0.4) is 0 Å². The quantitative estimate of drug-likeness (QED) is 0.393. The minimum absolute atomic E-state index is 0.0645. The molecule has 152 valence electrons. The molecule has 4 N–H and O–H groups in total. The van der Waals surface area contributed by atoms with Gasteiger partial charge in [0.05, 0.1) is 6.07 Å². The largest absolute Gasteiger partial charge is 0.338 e. The second-order valence-corrected chi connectivity index (χ2v) is 8.49. The zero-order valence-electron chi connectivity index (χ0n) is 16.8. The van der Waals surface area contributed by atoms with Crippen molar-refractivity contribution in [3.05, 3.63) is 24.0 Å². The lowest BCUT2D eigenvalue weighted by Crippen LogP contribution is -2.55. The normalized spacial score (nSPS) is 30.4. The Balaban J connectivity index is 1.42. The van der Waals surface area contributed by atoms with Gasteiger partial charge in [0.1, 0.15) is 0 Å². The standard InChI is InChI=1S/C21H32N6O/c1-14-11-15(2)25-20(24-14)26-21(28)27(23)19-9-7-17(8-10-19)12-16-3-5-18(13-22)6-4-16/h11,16-19H,1,3-10,12,23H2,2H3,(H2,24,25,26,28). The summed E-state index contributed by atoms with van der Waals surface area (Å²) in [6, 6.07) is 2.14. The summed E-state index contributed by atoms with van der Waals surface area (Å²) in [5.74, 6) is 8.24. The monoisotopic (exact) mass is 384 g/mol. The third-order valence-corrected chi connectivity index (χ3v) is 6.32. The van der Waals surface area contributed by atoms with Crippen molar-refractivity contribution in [2.45, 2.75) is 70.8 Å². The summed E-state index contributed by atoms with van der Waals surface area (Å²) in [6.07, 6.45) is 11.7. The molecule has 0 saturated heterocycles. The number of nitrogens with two attached hydrogens (primary N) is 1. The number of hydrogen-bond acceptors (Lipinski definition) is 5. The Labute approximate surface area is 167 Å². The van der Waals surface area contributed by atoms with Gasteiger partial charge < -0.3 is 5.32 Å². The molecule has 3 rings (SSSR count). The van der Waals surface area contributed by atoms with Gasteiger partial charge in [-0.2, -0.15) is 5.26 Å². The lowest BCUT2D eigenvalue weighted by atomic mass is 9.74. The number of allylic oxidation sites excluding steroid dienone is 2. The third-order valence-electron chi connectivity index (χ3n) is 6.32. The second-order valence-electron chi connectivity index (χ2n) is 8.49. The maximum absolute atomic E-state index is 12.5. The minimum Gasteiger partial charge on any atom is -0.326 e. The van der Waals surface area contributed by atoms with Crippen LogP contribution < -0.4 is 16.5 Å². The van der Waals surface area contributed by atoms with Crippen molar-refractivity contribution in [1.29, 1.82) is 5.26 Å². The fourth-order valence-corrected chi connectivity index (χ4v) is 4.73. The molecule has 1 aliphatic heterocycles. The number of aliphatic imine (C=N–C) groups is 1. The van der Waals surface area contributed by atoms with Crippen molar-refractivity contribution in [2.24, 2.45) is 28.6 Å². The van der Waals surface area contributed by atoms with Gasteiger partial charge in [0.25, 0.3) is 0 Å². The summed E-state index contributed by atoms with van der Waals surface area (Å²) in [4.78, 5) is 16.7. The SMILES string of the molecule is C=C1C=C(C)N=C(NC(=O)N(N)C2CCC(CC3CCC(C#N)CC3)CC2)N1. The van der Waals surface area contributed by atoms with Gasteiger partial charge in [0.15, 0.2) is 0 Å². The molecule has 28 heavy (non-hydrogen) atoms. The average Bonchev–Trinajstić information content (AvgIpc) is 2.68. The Kier molecular flexibility index (Phi) is 6.74. The Hall–Kier alpha value is -2.33. The van der Waals surface area contributed by atoms with E-state index in [2.05, 4.69) is 28.3 Å². The number of nitrogens with one attached hydrogen (secondary N) is 2. The molecule has 0 aromatic carbocycles. The lowest BCUT2D eigenvalue weighted by molar-refractivity contribution is 0.136. The summed E-state index contributed by atoms with van der Waals surface area (Å²) in [6.45, 7) is 5.70. The highest BCUT2D eigenvalue weighted by molar-refractivity contribution is 5.98. The number of amides is 2. The highest BCUT2D eigenvalue weighted by Gasteiger charge is 2.30. The zero-order valence-corrected chi connectivity index (χ0v) is 16.8. The smallest absolute Gasteiger partial charge is 0.326 e. The van der Waals surface area contributed by atoms with Crippen LogP contribution in [0, 0.1) is 29.1 Å². The van der Waals surface area contributed by atoms with Crippen LogP contribution in [0.2, 0.25) is 0 Å². The molecule has 2 amide bonds. The molecule has 0 aromatic rings. The summed E-state index contributed by atoms with van der Waals surface area (Å²) < 4.78 is 0. The maximum atomic E-state index is 12.5. The molecule has 0 atom stereocenters. The molecule has 2 aliphatic carbocycles. The lowest BCUT2D eigenvalue weighted by Gasteiger charge is -2.36. The van der Waals surface area contributed by atoms with E-state index in [1.54, 1.807) is 0 Å². The molecule has 0 radical (unpaired) electrons. The Bertz CT molecular complexity index is 690. The van der Waals surface area contributed by atoms with Crippen LogP contribution in [0.25, 0.3) is 0 Å². The predicted octanol–water partition coefficient (Wildman–Crippen LogP) is 3.53. The van der Waals surface area contributed by atoms with E-state index in [-0.39, 0.29) is 18.0 Å². The number of guanidine groups is 1. The fourth-order valence-electron chi connectivity index (χ4n) is 4.73. The van der Waals surface area contributed by atoms with Crippen LogP contribution in [0.15, 0.2) is 29.0 Å². The van der Waals surface area contributed by atoms with Gasteiger partial charge in [-0.15, -0.1) is 0 Å². The number of hydrogen-bond donors (Lipinski definition) is 3. The molecule has 2 saturated carbocycles. The Morgan fingerprint density at radius 1 is 1.29 bits per heavy atom. The van der Waals surface area contributed by atoms with E-state index < -0.39 is 0 Å². The van der Waals surface area contributed by atoms with Crippen molar-refractivity contribution in [3.8, 4) is 6.07 Å². The van der Waals surface area contributed by atoms with Gasteiger partial charge in [-0.1, -0.05) is 6.58 Å². The molecule has 0 spiro atoms. The van der Waals surface area contributed by atoms with E-state index in [4.69, 9.17) is 11.1 Å². The first-order valence-electron chi connectivity index (χ1n) is 10.4. The maximum Gasteiger partial charge on any atom is 0.338 e. The summed E-state index contributed by atoms with van der Waals surface area (Å²) in [5, 5.41) is 16.0. The molecular weight excluding hydrogens is 352 g/mol. The molecule has 1 heterocycles. The number of carbonyl (C=O) groups excluding carboxylic acids is 1. The second kappa shape index (κ2) is 9.24. The summed E-state index contributed by atoms with van der Waals surface area (Å²) >= 11 is 0. The van der Waals surface area contributed by atoms with E-state index in [1.165, 1.54) is 24.3 Å². The van der Waals surface area contributed by atoms with Gasteiger partial charge >= 0.3 is 6.03 Å². The Morgan fingerprint density at radius 2 is 1.89 bits per heavy atom. The van der Waals surface area contributed by atoms with E-state index in [0.29, 0.717) is 11.7 Å². The van der Waals surface area contributed by atoms with Crippen molar-refractivity contribution in [3.63, 3.8) is 0 Å². The molecule has 3 aliphatic rings. The highest BCUT2D eigenvalue weighted by atomic mass is 16.2. The first kappa shape index (κ1) is 20.4. The molecule has 0 bridgehead atoms. The molecule has 0 unspecified atom stereocenters. The van der Waals surface area contributed by atoms with Gasteiger partial charge in [0, 0.05) is 23.4 Å². The van der Waals surface area contributed by atoms with Crippen molar-refractivity contribution < 1.29 is 4.79 Å².